The molecular weight excluding hydrogens is 290 g/mol. The topological polar surface area (TPSA) is 78.6 Å². The van der Waals surface area contributed by atoms with Crippen molar-refractivity contribution in [3.05, 3.63) is 29.3 Å². The molecule has 21 heavy (non-hydrogen) atoms. The molecule has 0 fully saturated rings. The summed E-state index contributed by atoms with van der Waals surface area (Å²) in [5.41, 5.74) is 7.26. The van der Waals surface area contributed by atoms with E-state index in [9.17, 15) is 9.59 Å². The summed E-state index contributed by atoms with van der Waals surface area (Å²) in [4.78, 5) is 24.0. The van der Waals surface area contributed by atoms with Crippen LogP contribution in [0.25, 0.3) is 0 Å². The van der Waals surface area contributed by atoms with Gasteiger partial charge < -0.3 is 15.2 Å². The second-order valence-electron chi connectivity index (χ2n) is 4.80. The Morgan fingerprint density at radius 1 is 1.24 bits per heavy atom. The number of esters is 2. The van der Waals surface area contributed by atoms with E-state index in [2.05, 4.69) is 18.6 Å². The summed E-state index contributed by atoms with van der Waals surface area (Å²) < 4.78 is 9.36. The van der Waals surface area contributed by atoms with Crippen LogP contribution in [0.5, 0.6) is 0 Å². The summed E-state index contributed by atoms with van der Waals surface area (Å²) in [7, 11) is 2.65. The molecule has 0 aliphatic heterocycles. The number of hydrogen-bond acceptors (Lipinski definition) is 6. The highest BCUT2D eigenvalue weighted by Gasteiger charge is 2.19. The van der Waals surface area contributed by atoms with Crippen LogP contribution in [0.3, 0.4) is 0 Å². The fourth-order valence-electron chi connectivity index (χ4n) is 1.82. The average molecular weight is 311 g/mol. The summed E-state index contributed by atoms with van der Waals surface area (Å²) >= 11 is 1.63. The van der Waals surface area contributed by atoms with Gasteiger partial charge in [-0.25, -0.2) is 4.79 Å². The minimum Gasteiger partial charge on any atom is -0.469 e. The van der Waals surface area contributed by atoms with Gasteiger partial charge in [-0.3, -0.25) is 4.79 Å². The zero-order valence-electron chi connectivity index (χ0n) is 12.7. The summed E-state index contributed by atoms with van der Waals surface area (Å²) in [5.74, 6) is -0.811. The van der Waals surface area contributed by atoms with Gasteiger partial charge >= 0.3 is 11.9 Å². The fourth-order valence-corrected chi connectivity index (χ4v) is 2.82. The highest BCUT2D eigenvalue weighted by molar-refractivity contribution is 8.00. The molecule has 1 atom stereocenters. The molecule has 0 amide bonds. The highest BCUT2D eigenvalue weighted by Crippen LogP contribution is 2.32. The normalized spacial score (nSPS) is 12.1. The smallest absolute Gasteiger partial charge is 0.337 e. The fraction of sp³-hybridized carbons (Fsp3) is 0.467. The van der Waals surface area contributed by atoms with E-state index in [0.717, 1.165) is 10.5 Å². The minimum absolute atomic E-state index is 0.0623. The number of ether oxygens (including phenoxy) is 2. The van der Waals surface area contributed by atoms with Crippen LogP contribution in [0.4, 0.5) is 0 Å². The van der Waals surface area contributed by atoms with E-state index in [4.69, 9.17) is 10.5 Å². The maximum absolute atomic E-state index is 11.6. The van der Waals surface area contributed by atoms with Crippen LogP contribution in [0.2, 0.25) is 0 Å². The zero-order chi connectivity index (χ0) is 16.0. The molecule has 116 valence electrons. The zero-order valence-corrected chi connectivity index (χ0v) is 13.5. The molecule has 0 spiro atoms. The number of nitrogens with two attached hydrogens (primary N) is 1. The molecule has 0 saturated carbocycles. The number of benzene rings is 1. The van der Waals surface area contributed by atoms with Crippen LogP contribution in [-0.4, -0.2) is 31.4 Å². The third-order valence-electron chi connectivity index (χ3n) is 2.81. The number of carbonyl (C=O) groups is 2. The van der Waals surface area contributed by atoms with Crippen molar-refractivity contribution in [3.63, 3.8) is 0 Å². The van der Waals surface area contributed by atoms with Gasteiger partial charge in [0.1, 0.15) is 0 Å². The molecule has 0 aliphatic carbocycles. The van der Waals surface area contributed by atoms with E-state index in [1.165, 1.54) is 14.2 Å². The maximum atomic E-state index is 11.6. The van der Waals surface area contributed by atoms with Crippen molar-refractivity contribution in [2.45, 2.75) is 36.5 Å². The number of carbonyl (C=O) groups excluding carboxylic acids is 2. The number of thioether (sulfide) groups is 1. The molecule has 1 aromatic rings. The molecule has 0 unspecified atom stereocenters. The summed E-state index contributed by atoms with van der Waals surface area (Å²) in [5, 5.41) is 0.359. The van der Waals surface area contributed by atoms with Crippen molar-refractivity contribution in [1.82, 2.24) is 0 Å². The van der Waals surface area contributed by atoms with Gasteiger partial charge in [-0.15, -0.1) is 11.8 Å². The second kappa shape index (κ2) is 8.05. The van der Waals surface area contributed by atoms with Crippen molar-refractivity contribution in [2.75, 3.05) is 14.2 Å². The Labute approximate surface area is 129 Å². The number of hydrogen-bond donors (Lipinski definition) is 1. The molecule has 0 saturated heterocycles. The van der Waals surface area contributed by atoms with Gasteiger partial charge in [-0.1, -0.05) is 13.8 Å². The van der Waals surface area contributed by atoms with Crippen LogP contribution in [0.15, 0.2) is 23.1 Å². The van der Waals surface area contributed by atoms with Gasteiger partial charge in [0.05, 0.1) is 26.2 Å². The average Bonchev–Trinajstić information content (AvgIpc) is 2.45. The molecule has 0 radical (unpaired) electrons. The predicted molar refractivity (Wildman–Crippen MR) is 82.3 cm³/mol. The number of methoxy groups -OCH3 is 2. The SMILES string of the molecule is COC(=O)C[C@@H](N)c1cc(C(=O)OC)ccc1SC(C)C. The molecule has 5 nitrogen and oxygen atoms in total. The Balaban J connectivity index is 3.14. The van der Waals surface area contributed by atoms with Crippen molar-refractivity contribution >= 4 is 23.7 Å². The monoisotopic (exact) mass is 311 g/mol. The largest absolute Gasteiger partial charge is 0.469 e. The van der Waals surface area contributed by atoms with Crippen LogP contribution in [-0.2, 0) is 14.3 Å². The highest BCUT2D eigenvalue weighted by atomic mass is 32.2. The molecule has 1 aromatic carbocycles. The summed E-state index contributed by atoms with van der Waals surface area (Å²) in [6.07, 6.45) is 0.0623. The van der Waals surface area contributed by atoms with E-state index in [1.807, 2.05) is 6.07 Å². The lowest BCUT2D eigenvalue weighted by Gasteiger charge is -2.17. The first-order valence-electron chi connectivity index (χ1n) is 6.60. The molecule has 1 rings (SSSR count). The van der Waals surface area contributed by atoms with E-state index in [1.54, 1.807) is 23.9 Å². The Kier molecular flexibility index (Phi) is 6.71. The van der Waals surface area contributed by atoms with Crippen molar-refractivity contribution in [3.8, 4) is 0 Å². The third-order valence-corrected chi connectivity index (χ3v) is 3.90. The van der Waals surface area contributed by atoms with Crippen LogP contribution >= 0.6 is 11.8 Å². The van der Waals surface area contributed by atoms with Crippen molar-refractivity contribution in [1.29, 1.82) is 0 Å². The molecule has 0 heterocycles. The standard InChI is InChI=1S/C15H21NO4S/c1-9(2)21-13-6-5-10(15(18)20-4)7-11(13)12(16)8-14(17)19-3/h5-7,9,12H,8,16H2,1-4H3/t12-/m1/s1. The summed E-state index contributed by atoms with van der Waals surface area (Å²) in [6.45, 7) is 4.13. The van der Waals surface area contributed by atoms with E-state index < -0.39 is 12.0 Å². The molecule has 0 aliphatic rings. The van der Waals surface area contributed by atoms with Gasteiger partial charge in [0, 0.05) is 16.2 Å². The molecule has 6 heteroatoms. The third kappa shape index (κ3) is 5.06. The molecule has 2 N–H and O–H groups in total. The molecule has 0 bridgehead atoms. The van der Waals surface area contributed by atoms with Crippen LogP contribution in [0, 0.1) is 0 Å². The van der Waals surface area contributed by atoms with Gasteiger partial charge in [-0.05, 0) is 23.8 Å². The molecule has 0 aromatic heterocycles. The van der Waals surface area contributed by atoms with Crippen LogP contribution in [0.1, 0.15) is 42.2 Å². The lowest BCUT2D eigenvalue weighted by Crippen LogP contribution is -2.18. The Morgan fingerprint density at radius 2 is 1.90 bits per heavy atom. The quantitative estimate of drug-likeness (QED) is 0.642. The maximum Gasteiger partial charge on any atom is 0.337 e. The Hall–Kier alpha value is -1.53. The van der Waals surface area contributed by atoms with Crippen molar-refractivity contribution < 1.29 is 19.1 Å². The lowest BCUT2D eigenvalue weighted by atomic mass is 10.0. The van der Waals surface area contributed by atoms with Gasteiger partial charge in [0.15, 0.2) is 0 Å². The van der Waals surface area contributed by atoms with Gasteiger partial charge in [0.25, 0.3) is 0 Å². The Bertz CT molecular complexity index is 516. The van der Waals surface area contributed by atoms with Gasteiger partial charge in [-0.2, -0.15) is 0 Å². The lowest BCUT2D eigenvalue weighted by molar-refractivity contribution is -0.141. The predicted octanol–water partition coefficient (Wildman–Crippen LogP) is 2.54. The summed E-state index contributed by atoms with van der Waals surface area (Å²) in [6, 6.07) is 4.70. The second-order valence-corrected chi connectivity index (χ2v) is 6.42. The van der Waals surface area contributed by atoms with Crippen LogP contribution < -0.4 is 5.73 Å². The number of rotatable bonds is 6. The first kappa shape index (κ1) is 17.5. The van der Waals surface area contributed by atoms with Gasteiger partial charge in [0.2, 0.25) is 0 Å². The van der Waals surface area contributed by atoms with E-state index >= 15 is 0 Å². The Morgan fingerprint density at radius 3 is 2.43 bits per heavy atom. The van der Waals surface area contributed by atoms with E-state index in [-0.39, 0.29) is 12.4 Å². The van der Waals surface area contributed by atoms with E-state index in [0.29, 0.717) is 10.8 Å². The first-order valence-corrected chi connectivity index (χ1v) is 7.48. The minimum atomic E-state index is -0.525. The van der Waals surface area contributed by atoms with Crippen molar-refractivity contribution in [2.24, 2.45) is 5.73 Å². The molecular formula is C15H21NO4S. The first-order chi connectivity index (χ1) is 9.88.